The average Bonchev–Trinajstić information content (AvgIpc) is 2.46. The number of benzene rings is 2. The summed E-state index contributed by atoms with van der Waals surface area (Å²) >= 11 is 0. The molecule has 0 saturated carbocycles. The molecule has 0 saturated heterocycles. The molecule has 0 fully saturated rings. The number of carboxylic acid groups (broad SMARTS) is 1. The minimum absolute atomic E-state index is 0.303. The Morgan fingerprint density at radius 1 is 1.20 bits per heavy atom. The Hall–Kier alpha value is -2.49. The van der Waals surface area contributed by atoms with E-state index in [9.17, 15) is 4.79 Å². The first kappa shape index (κ1) is 13.9. The summed E-state index contributed by atoms with van der Waals surface area (Å²) in [6, 6.07) is 12.9. The number of carbonyl (C=O) groups is 1. The number of methoxy groups -OCH3 is 1. The molecule has 0 aliphatic rings. The Morgan fingerprint density at radius 2 is 1.90 bits per heavy atom. The summed E-state index contributed by atoms with van der Waals surface area (Å²) in [6.07, 6.45) is 0. The SMILES string of the molecule is COc1ccc(CNc2ccc(C(=O)O)cc2C)cc1. The van der Waals surface area contributed by atoms with Crippen LogP contribution in [0.25, 0.3) is 0 Å². The van der Waals surface area contributed by atoms with E-state index in [0.29, 0.717) is 12.1 Å². The molecule has 4 nitrogen and oxygen atoms in total. The van der Waals surface area contributed by atoms with E-state index in [0.717, 1.165) is 22.6 Å². The van der Waals surface area contributed by atoms with Crippen molar-refractivity contribution < 1.29 is 14.6 Å². The van der Waals surface area contributed by atoms with Gasteiger partial charge in [-0.15, -0.1) is 0 Å². The zero-order chi connectivity index (χ0) is 14.5. The van der Waals surface area contributed by atoms with Gasteiger partial charge in [0.2, 0.25) is 0 Å². The van der Waals surface area contributed by atoms with Crippen molar-refractivity contribution in [3.05, 3.63) is 59.2 Å². The molecule has 4 heteroatoms. The van der Waals surface area contributed by atoms with Crippen LogP contribution < -0.4 is 10.1 Å². The second-order valence-corrected chi connectivity index (χ2v) is 4.54. The van der Waals surface area contributed by atoms with Crippen LogP contribution in [-0.2, 0) is 6.54 Å². The highest BCUT2D eigenvalue weighted by molar-refractivity contribution is 5.88. The third-order valence-corrected chi connectivity index (χ3v) is 3.12. The first-order valence-corrected chi connectivity index (χ1v) is 6.31. The van der Waals surface area contributed by atoms with E-state index in [1.807, 2.05) is 31.2 Å². The molecule has 0 spiro atoms. The van der Waals surface area contributed by atoms with Crippen molar-refractivity contribution >= 4 is 11.7 Å². The van der Waals surface area contributed by atoms with E-state index < -0.39 is 5.97 Å². The van der Waals surface area contributed by atoms with Gasteiger partial charge in [-0.2, -0.15) is 0 Å². The first-order chi connectivity index (χ1) is 9.60. The number of nitrogens with one attached hydrogen (secondary N) is 1. The summed E-state index contributed by atoms with van der Waals surface area (Å²) in [5, 5.41) is 12.2. The average molecular weight is 271 g/mol. The maximum atomic E-state index is 10.9. The molecule has 0 heterocycles. The highest BCUT2D eigenvalue weighted by Crippen LogP contribution is 2.18. The minimum atomic E-state index is -0.908. The lowest BCUT2D eigenvalue weighted by Crippen LogP contribution is -2.03. The van der Waals surface area contributed by atoms with Gasteiger partial charge in [0.05, 0.1) is 12.7 Å². The molecule has 2 rings (SSSR count). The minimum Gasteiger partial charge on any atom is -0.497 e. The van der Waals surface area contributed by atoms with Gasteiger partial charge in [0.15, 0.2) is 0 Å². The predicted octanol–water partition coefficient (Wildman–Crippen LogP) is 3.31. The lowest BCUT2D eigenvalue weighted by molar-refractivity contribution is 0.0697. The second kappa shape index (κ2) is 6.10. The number of rotatable bonds is 5. The number of anilines is 1. The molecule has 0 amide bonds. The first-order valence-electron chi connectivity index (χ1n) is 6.31. The standard InChI is InChI=1S/C16H17NO3/c1-11-9-13(16(18)19)5-8-15(11)17-10-12-3-6-14(20-2)7-4-12/h3-9,17H,10H2,1-2H3,(H,18,19). The van der Waals surface area contributed by atoms with Gasteiger partial charge in [-0.05, 0) is 48.4 Å². The molecule has 2 aromatic rings. The van der Waals surface area contributed by atoms with Crippen molar-refractivity contribution in [3.63, 3.8) is 0 Å². The van der Waals surface area contributed by atoms with Crippen LogP contribution in [0.2, 0.25) is 0 Å². The quantitative estimate of drug-likeness (QED) is 0.876. The van der Waals surface area contributed by atoms with Crippen LogP contribution >= 0.6 is 0 Å². The van der Waals surface area contributed by atoms with Crippen LogP contribution in [0.15, 0.2) is 42.5 Å². The van der Waals surface area contributed by atoms with Crippen molar-refractivity contribution in [2.24, 2.45) is 0 Å². The number of ether oxygens (including phenoxy) is 1. The Morgan fingerprint density at radius 3 is 2.45 bits per heavy atom. The van der Waals surface area contributed by atoms with Crippen LogP contribution in [0.1, 0.15) is 21.5 Å². The summed E-state index contributed by atoms with van der Waals surface area (Å²) in [7, 11) is 1.64. The smallest absolute Gasteiger partial charge is 0.335 e. The largest absolute Gasteiger partial charge is 0.497 e. The third-order valence-electron chi connectivity index (χ3n) is 3.12. The van der Waals surface area contributed by atoms with Crippen molar-refractivity contribution in [1.29, 1.82) is 0 Å². The molecule has 2 aromatic carbocycles. The fourth-order valence-corrected chi connectivity index (χ4v) is 1.94. The molecule has 0 bridgehead atoms. The number of carboxylic acids is 1. The zero-order valence-electron chi connectivity index (χ0n) is 11.5. The zero-order valence-corrected chi connectivity index (χ0v) is 11.5. The van der Waals surface area contributed by atoms with E-state index >= 15 is 0 Å². The highest BCUT2D eigenvalue weighted by atomic mass is 16.5. The molecular weight excluding hydrogens is 254 g/mol. The van der Waals surface area contributed by atoms with Gasteiger partial charge in [-0.25, -0.2) is 4.79 Å². The fourth-order valence-electron chi connectivity index (χ4n) is 1.94. The second-order valence-electron chi connectivity index (χ2n) is 4.54. The van der Waals surface area contributed by atoms with Gasteiger partial charge in [-0.3, -0.25) is 0 Å². The fraction of sp³-hybridized carbons (Fsp3) is 0.188. The van der Waals surface area contributed by atoms with Crippen molar-refractivity contribution in [3.8, 4) is 5.75 Å². The van der Waals surface area contributed by atoms with Gasteiger partial charge in [0, 0.05) is 12.2 Å². The van der Waals surface area contributed by atoms with Gasteiger partial charge in [0.25, 0.3) is 0 Å². The van der Waals surface area contributed by atoms with Crippen molar-refractivity contribution in [1.82, 2.24) is 0 Å². The van der Waals surface area contributed by atoms with Gasteiger partial charge < -0.3 is 15.2 Å². The molecule has 2 N–H and O–H groups in total. The van der Waals surface area contributed by atoms with Crippen LogP contribution in [0.5, 0.6) is 5.75 Å². The monoisotopic (exact) mass is 271 g/mol. The van der Waals surface area contributed by atoms with Crippen LogP contribution in [0.3, 0.4) is 0 Å². The summed E-state index contributed by atoms with van der Waals surface area (Å²) < 4.78 is 5.11. The normalized spacial score (nSPS) is 10.1. The maximum Gasteiger partial charge on any atom is 0.335 e. The van der Waals surface area contributed by atoms with Gasteiger partial charge in [0.1, 0.15) is 5.75 Å². The molecule has 0 radical (unpaired) electrons. The topological polar surface area (TPSA) is 58.6 Å². The van der Waals surface area contributed by atoms with Crippen molar-refractivity contribution in [2.75, 3.05) is 12.4 Å². The van der Waals surface area contributed by atoms with E-state index in [1.165, 1.54) is 0 Å². The van der Waals surface area contributed by atoms with E-state index in [1.54, 1.807) is 25.3 Å². The molecule has 0 unspecified atom stereocenters. The lowest BCUT2D eigenvalue weighted by atomic mass is 10.1. The molecule has 0 aliphatic heterocycles. The van der Waals surface area contributed by atoms with Crippen LogP contribution in [0, 0.1) is 6.92 Å². The van der Waals surface area contributed by atoms with Gasteiger partial charge >= 0.3 is 5.97 Å². The van der Waals surface area contributed by atoms with E-state index in [2.05, 4.69) is 5.32 Å². The predicted molar refractivity (Wildman–Crippen MR) is 78.5 cm³/mol. The van der Waals surface area contributed by atoms with Crippen LogP contribution in [0.4, 0.5) is 5.69 Å². The number of hydrogen-bond donors (Lipinski definition) is 2. The molecule has 0 aliphatic carbocycles. The maximum absolute atomic E-state index is 10.9. The Labute approximate surface area is 118 Å². The third kappa shape index (κ3) is 3.29. The van der Waals surface area contributed by atoms with E-state index in [-0.39, 0.29) is 0 Å². The molecule has 0 atom stereocenters. The molecular formula is C16H17NO3. The van der Waals surface area contributed by atoms with E-state index in [4.69, 9.17) is 9.84 Å². The Kier molecular flexibility index (Phi) is 4.25. The van der Waals surface area contributed by atoms with Gasteiger partial charge in [-0.1, -0.05) is 12.1 Å². The molecule has 20 heavy (non-hydrogen) atoms. The Bertz CT molecular complexity index is 606. The molecule has 0 aromatic heterocycles. The number of aryl methyl sites for hydroxylation is 1. The lowest BCUT2D eigenvalue weighted by Gasteiger charge is -2.10. The summed E-state index contributed by atoms with van der Waals surface area (Å²) in [5.74, 6) is -0.0782. The molecule has 104 valence electrons. The Balaban J connectivity index is 2.04. The summed E-state index contributed by atoms with van der Waals surface area (Å²) in [5.41, 5.74) is 3.29. The highest BCUT2D eigenvalue weighted by Gasteiger charge is 2.05. The summed E-state index contributed by atoms with van der Waals surface area (Å²) in [4.78, 5) is 10.9. The summed E-state index contributed by atoms with van der Waals surface area (Å²) in [6.45, 7) is 2.57. The van der Waals surface area contributed by atoms with Crippen LogP contribution in [-0.4, -0.2) is 18.2 Å². The number of hydrogen-bond acceptors (Lipinski definition) is 3. The number of aromatic carboxylic acids is 1. The van der Waals surface area contributed by atoms with Crippen molar-refractivity contribution in [2.45, 2.75) is 13.5 Å².